The predicted molar refractivity (Wildman–Crippen MR) is 81.5 cm³/mol. The van der Waals surface area contributed by atoms with Crippen molar-refractivity contribution < 1.29 is 14.3 Å². The summed E-state index contributed by atoms with van der Waals surface area (Å²) in [5, 5.41) is 2.76. The Balaban J connectivity index is 1.66. The van der Waals surface area contributed by atoms with Crippen molar-refractivity contribution in [2.75, 3.05) is 11.9 Å². The Morgan fingerprint density at radius 2 is 2.14 bits per heavy atom. The fourth-order valence-electron chi connectivity index (χ4n) is 4.05. The minimum Gasteiger partial charge on any atom is -0.482 e. The number of ether oxygens (including phenoxy) is 1. The smallest absolute Gasteiger partial charge is 0.262 e. The van der Waals surface area contributed by atoms with Crippen molar-refractivity contribution in [3.8, 4) is 5.75 Å². The van der Waals surface area contributed by atoms with Crippen LogP contribution in [0, 0.1) is 17.8 Å². The first kappa shape index (κ1) is 13.3. The van der Waals surface area contributed by atoms with Gasteiger partial charge in [-0.25, -0.2) is 0 Å². The standard InChI is InChI=1S/C16H16BrNO3/c17-12-6-13-14(21-7-15(19)18-13)5-11(12)16(20)10-4-8-1-2-9(10)3-8/h5-6,8-10H,1-4,7H2,(H,18,19). The second-order valence-corrected chi connectivity index (χ2v) is 7.17. The average molecular weight is 350 g/mol. The molecule has 1 heterocycles. The van der Waals surface area contributed by atoms with E-state index in [0.29, 0.717) is 22.9 Å². The Labute approximate surface area is 131 Å². The second kappa shape index (κ2) is 4.83. The van der Waals surface area contributed by atoms with Gasteiger partial charge in [-0.3, -0.25) is 9.59 Å². The van der Waals surface area contributed by atoms with E-state index in [1.165, 1.54) is 19.3 Å². The molecule has 1 aromatic rings. The molecule has 5 heteroatoms. The van der Waals surface area contributed by atoms with Crippen LogP contribution in [0.4, 0.5) is 5.69 Å². The van der Waals surface area contributed by atoms with E-state index in [-0.39, 0.29) is 24.2 Å². The largest absolute Gasteiger partial charge is 0.482 e. The van der Waals surface area contributed by atoms with Gasteiger partial charge in [-0.1, -0.05) is 6.42 Å². The van der Waals surface area contributed by atoms with Gasteiger partial charge in [-0.05, 0) is 59.2 Å². The molecule has 0 aromatic heterocycles. The lowest BCUT2D eigenvalue weighted by Crippen LogP contribution is -2.26. The number of amides is 1. The number of carbonyl (C=O) groups excluding carboxylic acids is 2. The molecular weight excluding hydrogens is 334 g/mol. The summed E-state index contributed by atoms with van der Waals surface area (Å²) in [6.45, 7) is 0.0103. The molecule has 3 unspecified atom stereocenters. The molecule has 0 radical (unpaired) electrons. The van der Waals surface area contributed by atoms with Gasteiger partial charge < -0.3 is 10.1 Å². The Morgan fingerprint density at radius 1 is 1.29 bits per heavy atom. The molecule has 2 fully saturated rings. The van der Waals surface area contributed by atoms with Crippen molar-refractivity contribution >= 4 is 33.3 Å². The van der Waals surface area contributed by atoms with Gasteiger partial charge in [0.25, 0.3) is 5.91 Å². The first-order valence-electron chi connectivity index (χ1n) is 7.42. The number of Topliss-reactive ketones (excluding diaryl/α,β-unsaturated/α-hetero) is 1. The van der Waals surface area contributed by atoms with Crippen LogP contribution >= 0.6 is 15.9 Å². The van der Waals surface area contributed by atoms with Crippen LogP contribution in [0.1, 0.15) is 36.0 Å². The third kappa shape index (κ3) is 2.18. The number of hydrogen-bond acceptors (Lipinski definition) is 3. The average Bonchev–Trinajstić information content (AvgIpc) is 3.08. The van der Waals surface area contributed by atoms with Gasteiger partial charge in [0.2, 0.25) is 0 Å². The second-order valence-electron chi connectivity index (χ2n) is 6.31. The van der Waals surface area contributed by atoms with Crippen LogP contribution in [0.5, 0.6) is 5.75 Å². The summed E-state index contributed by atoms with van der Waals surface area (Å²) in [5.74, 6) is 2.11. The van der Waals surface area contributed by atoms with Crippen molar-refractivity contribution in [2.24, 2.45) is 17.8 Å². The zero-order valence-electron chi connectivity index (χ0n) is 11.5. The summed E-state index contributed by atoms with van der Waals surface area (Å²) < 4.78 is 6.16. The summed E-state index contributed by atoms with van der Waals surface area (Å²) >= 11 is 3.47. The lowest BCUT2D eigenvalue weighted by molar-refractivity contribution is -0.118. The van der Waals surface area contributed by atoms with E-state index in [1.807, 2.05) is 0 Å². The minimum absolute atomic E-state index is 0.0103. The maximum atomic E-state index is 12.8. The number of fused-ring (bicyclic) bond motifs is 3. The Kier molecular flexibility index (Phi) is 3.06. The van der Waals surface area contributed by atoms with E-state index in [4.69, 9.17) is 4.74 Å². The molecule has 0 spiro atoms. The van der Waals surface area contributed by atoms with Gasteiger partial charge in [-0.2, -0.15) is 0 Å². The highest BCUT2D eigenvalue weighted by molar-refractivity contribution is 9.10. The van der Waals surface area contributed by atoms with Gasteiger partial charge in [0, 0.05) is 16.0 Å². The van der Waals surface area contributed by atoms with E-state index >= 15 is 0 Å². The molecule has 3 atom stereocenters. The number of hydrogen-bond donors (Lipinski definition) is 1. The van der Waals surface area contributed by atoms with Crippen molar-refractivity contribution in [3.63, 3.8) is 0 Å². The summed E-state index contributed by atoms with van der Waals surface area (Å²) in [6.07, 6.45) is 4.72. The highest BCUT2D eigenvalue weighted by atomic mass is 79.9. The zero-order chi connectivity index (χ0) is 14.6. The molecule has 0 saturated heterocycles. The number of rotatable bonds is 2. The summed E-state index contributed by atoms with van der Waals surface area (Å²) in [4.78, 5) is 24.2. The van der Waals surface area contributed by atoms with Crippen LogP contribution in [0.2, 0.25) is 0 Å². The molecule has 3 aliphatic rings. The van der Waals surface area contributed by atoms with Crippen molar-refractivity contribution in [2.45, 2.75) is 25.7 Å². The lowest BCUT2D eigenvalue weighted by atomic mass is 9.83. The lowest BCUT2D eigenvalue weighted by Gasteiger charge is -2.23. The quantitative estimate of drug-likeness (QED) is 0.832. The molecule has 4 nitrogen and oxygen atoms in total. The number of carbonyl (C=O) groups is 2. The van der Waals surface area contributed by atoms with E-state index in [0.717, 1.165) is 16.8 Å². The molecule has 2 bridgehead atoms. The summed E-state index contributed by atoms with van der Waals surface area (Å²) in [7, 11) is 0. The molecule has 1 N–H and O–H groups in total. The van der Waals surface area contributed by atoms with Crippen LogP contribution in [0.15, 0.2) is 16.6 Å². The maximum Gasteiger partial charge on any atom is 0.262 e. The fourth-order valence-corrected chi connectivity index (χ4v) is 4.59. The molecule has 2 aliphatic carbocycles. The normalized spacial score (nSPS) is 29.8. The Hall–Kier alpha value is -1.36. The van der Waals surface area contributed by atoms with E-state index in [9.17, 15) is 9.59 Å². The highest BCUT2D eigenvalue weighted by Gasteiger charge is 2.43. The van der Waals surface area contributed by atoms with Gasteiger partial charge in [0.1, 0.15) is 5.75 Å². The van der Waals surface area contributed by atoms with Crippen molar-refractivity contribution in [3.05, 3.63) is 22.2 Å². The zero-order valence-corrected chi connectivity index (χ0v) is 13.1. The van der Waals surface area contributed by atoms with Crippen LogP contribution in [0.25, 0.3) is 0 Å². The third-order valence-corrected chi connectivity index (χ3v) is 5.70. The highest BCUT2D eigenvalue weighted by Crippen LogP contribution is 2.50. The number of ketones is 1. The molecule has 1 aliphatic heterocycles. The first-order chi connectivity index (χ1) is 10.1. The van der Waals surface area contributed by atoms with Crippen LogP contribution in [-0.2, 0) is 4.79 Å². The number of anilines is 1. The fraction of sp³-hybridized carbons (Fsp3) is 0.500. The van der Waals surface area contributed by atoms with Crippen molar-refractivity contribution in [1.82, 2.24) is 0 Å². The molecule has 110 valence electrons. The number of benzene rings is 1. The third-order valence-electron chi connectivity index (χ3n) is 5.04. The minimum atomic E-state index is -0.165. The van der Waals surface area contributed by atoms with Gasteiger partial charge in [-0.15, -0.1) is 0 Å². The van der Waals surface area contributed by atoms with Crippen LogP contribution in [0.3, 0.4) is 0 Å². The SMILES string of the molecule is O=C1COc2cc(C(=O)C3CC4CCC3C4)c(Br)cc2N1. The van der Waals surface area contributed by atoms with E-state index in [1.54, 1.807) is 12.1 Å². The molecular formula is C16H16BrNO3. The molecule has 2 saturated carbocycles. The maximum absolute atomic E-state index is 12.8. The Bertz CT molecular complexity index is 643. The number of halogens is 1. The van der Waals surface area contributed by atoms with Gasteiger partial charge >= 0.3 is 0 Å². The molecule has 1 amide bonds. The topological polar surface area (TPSA) is 55.4 Å². The van der Waals surface area contributed by atoms with Crippen LogP contribution < -0.4 is 10.1 Å². The molecule has 21 heavy (non-hydrogen) atoms. The van der Waals surface area contributed by atoms with E-state index in [2.05, 4.69) is 21.2 Å². The van der Waals surface area contributed by atoms with Crippen molar-refractivity contribution in [1.29, 1.82) is 0 Å². The van der Waals surface area contributed by atoms with E-state index < -0.39 is 0 Å². The monoisotopic (exact) mass is 349 g/mol. The summed E-state index contributed by atoms with van der Waals surface area (Å²) in [5.41, 5.74) is 1.31. The van der Waals surface area contributed by atoms with Gasteiger partial charge in [0.15, 0.2) is 12.4 Å². The predicted octanol–water partition coefficient (Wildman–Crippen LogP) is 3.40. The summed E-state index contributed by atoms with van der Waals surface area (Å²) in [6, 6.07) is 3.54. The van der Waals surface area contributed by atoms with Crippen LogP contribution in [-0.4, -0.2) is 18.3 Å². The molecule has 4 rings (SSSR count). The first-order valence-corrected chi connectivity index (χ1v) is 8.21. The van der Waals surface area contributed by atoms with Gasteiger partial charge in [0.05, 0.1) is 5.69 Å². The number of nitrogens with one attached hydrogen (secondary N) is 1. The molecule has 1 aromatic carbocycles. The Morgan fingerprint density at radius 3 is 2.86 bits per heavy atom.